The lowest BCUT2D eigenvalue weighted by Gasteiger charge is -2.33. The highest BCUT2D eigenvalue weighted by Crippen LogP contribution is 2.30. The highest BCUT2D eigenvalue weighted by molar-refractivity contribution is 5.87. The second kappa shape index (κ2) is 5.99. The first kappa shape index (κ1) is 13.8. The summed E-state index contributed by atoms with van der Waals surface area (Å²) in [4.78, 5) is 19.7. The Kier molecular flexibility index (Phi) is 4.35. The largest absolute Gasteiger partial charge is 0.464 e. The van der Waals surface area contributed by atoms with Crippen molar-refractivity contribution in [3.63, 3.8) is 0 Å². The third-order valence-electron chi connectivity index (χ3n) is 3.79. The number of aromatic nitrogens is 2. The van der Waals surface area contributed by atoms with Crippen molar-refractivity contribution in [1.82, 2.24) is 9.97 Å². The fraction of sp³-hybridized carbons (Fsp3) is 0.643. The normalized spacial score (nSPS) is 26.8. The molecule has 1 aromatic rings. The minimum Gasteiger partial charge on any atom is -0.464 e. The predicted molar refractivity (Wildman–Crippen MR) is 73.0 cm³/mol. The average molecular weight is 263 g/mol. The zero-order valence-corrected chi connectivity index (χ0v) is 11.7. The minimum atomic E-state index is -0.457. The minimum absolute atomic E-state index is 0.240. The van der Waals surface area contributed by atoms with E-state index >= 15 is 0 Å². The third-order valence-corrected chi connectivity index (χ3v) is 3.79. The van der Waals surface area contributed by atoms with Crippen LogP contribution in [-0.4, -0.2) is 29.1 Å². The summed E-state index contributed by atoms with van der Waals surface area (Å²) < 4.78 is 4.65. The van der Waals surface area contributed by atoms with Gasteiger partial charge in [0, 0.05) is 6.04 Å². The topological polar surface area (TPSA) is 64.1 Å². The Hall–Kier alpha value is -1.65. The van der Waals surface area contributed by atoms with Crippen molar-refractivity contribution in [3.8, 4) is 0 Å². The van der Waals surface area contributed by atoms with E-state index in [2.05, 4.69) is 33.9 Å². The summed E-state index contributed by atoms with van der Waals surface area (Å²) in [6.45, 7) is 4.55. The van der Waals surface area contributed by atoms with Gasteiger partial charge < -0.3 is 10.1 Å². The monoisotopic (exact) mass is 263 g/mol. The average Bonchev–Trinajstić information content (AvgIpc) is 2.41. The number of nitrogens with zero attached hydrogens (tertiary/aromatic N) is 2. The Labute approximate surface area is 113 Å². The van der Waals surface area contributed by atoms with Gasteiger partial charge in [-0.15, -0.1) is 0 Å². The number of hydrogen-bond acceptors (Lipinski definition) is 5. The van der Waals surface area contributed by atoms with Gasteiger partial charge in [0.15, 0.2) is 5.69 Å². The Bertz CT molecular complexity index is 450. The third kappa shape index (κ3) is 3.43. The van der Waals surface area contributed by atoms with Crippen molar-refractivity contribution in [1.29, 1.82) is 0 Å². The van der Waals surface area contributed by atoms with E-state index in [1.807, 2.05) is 0 Å². The zero-order valence-electron chi connectivity index (χ0n) is 11.7. The molecular weight excluding hydrogens is 242 g/mol. The first-order valence-electron chi connectivity index (χ1n) is 6.77. The summed E-state index contributed by atoms with van der Waals surface area (Å²) in [5.41, 5.74) is 0.240. The van der Waals surface area contributed by atoms with Crippen molar-refractivity contribution in [2.75, 3.05) is 12.4 Å². The summed E-state index contributed by atoms with van der Waals surface area (Å²) >= 11 is 0. The van der Waals surface area contributed by atoms with Gasteiger partial charge >= 0.3 is 5.97 Å². The standard InChI is InChI=1S/C14H21N3O2/c1-9-4-5-11(10(2)6-9)16-13-8-15-7-12(17-13)14(18)19-3/h7-11H,4-6H2,1-3H3,(H,16,17). The molecular formula is C14H21N3O2. The smallest absolute Gasteiger partial charge is 0.358 e. The van der Waals surface area contributed by atoms with Crippen LogP contribution >= 0.6 is 0 Å². The van der Waals surface area contributed by atoms with Crippen molar-refractivity contribution in [3.05, 3.63) is 18.1 Å². The van der Waals surface area contributed by atoms with E-state index in [-0.39, 0.29) is 5.69 Å². The molecule has 1 fully saturated rings. The molecule has 0 radical (unpaired) electrons. The summed E-state index contributed by atoms with van der Waals surface area (Å²) in [6.07, 6.45) is 6.65. The molecule has 2 rings (SSSR count). The predicted octanol–water partition coefficient (Wildman–Crippen LogP) is 2.50. The lowest BCUT2D eigenvalue weighted by atomic mass is 9.80. The number of esters is 1. The molecule has 1 aliphatic carbocycles. The number of rotatable bonds is 3. The highest BCUT2D eigenvalue weighted by Gasteiger charge is 2.25. The van der Waals surface area contributed by atoms with Crippen molar-refractivity contribution in [2.45, 2.75) is 39.2 Å². The maximum atomic E-state index is 11.4. The first-order valence-corrected chi connectivity index (χ1v) is 6.77. The molecule has 5 heteroatoms. The second-order valence-corrected chi connectivity index (χ2v) is 5.43. The van der Waals surface area contributed by atoms with Crippen LogP contribution in [0.5, 0.6) is 0 Å². The summed E-state index contributed by atoms with van der Waals surface area (Å²) in [5, 5.41) is 3.39. The van der Waals surface area contributed by atoms with Crippen molar-refractivity contribution >= 4 is 11.8 Å². The molecule has 0 spiro atoms. The molecule has 0 bridgehead atoms. The molecule has 1 aromatic heterocycles. The van der Waals surface area contributed by atoms with Crippen LogP contribution in [0.4, 0.5) is 5.82 Å². The Balaban J connectivity index is 2.04. The van der Waals surface area contributed by atoms with Gasteiger partial charge in [-0.05, 0) is 31.1 Å². The Morgan fingerprint density at radius 1 is 1.37 bits per heavy atom. The van der Waals surface area contributed by atoms with Gasteiger partial charge in [0.2, 0.25) is 0 Å². The van der Waals surface area contributed by atoms with Gasteiger partial charge in [-0.3, -0.25) is 4.98 Å². The van der Waals surface area contributed by atoms with Crippen LogP contribution < -0.4 is 5.32 Å². The number of hydrogen-bond donors (Lipinski definition) is 1. The fourth-order valence-corrected chi connectivity index (χ4v) is 2.71. The summed E-state index contributed by atoms with van der Waals surface area (Å²) in [5.74, 6) is 1.59. The van der Waals surface area contributed by atoms with Gasteiger partial charge in [0.25, 0.3) is 0 Å². The second-order valence-electron chi connectivity index (χ2n) is 5.43. The van der Waals surface area contributed by atoms with Gasteiger partial charge in [-0.2, -0.15) is 0 Å². The first-order chi connectivity index (χ1) is 9.10. The van der Waals surface area contributed by atoms with E-state index in [1.54, 1.807) is 6.20 Å². The van der Waals surface area contributed by atoms with Crippen LogP contribution in [0, 0.1) is 11.8 Å². The Morgan fingerprint density at radius 3 is 2.84 bits per heavy atom. The van der Waals surface area contributed by atoms with E-state index in [1.165, 1.54) is 26.1 Å². The highest BCUT2D eigenvalue weighted by atomic mass is 16.5. The fourth-order valence-electron chi connectivity index (χ4n) is 2.71. The van der Waals surface area contributed by atoms with Crippen LogP contribution in [0.3, 0.4) is 0 Å². The lowest BCUT2D eigenvalue weighted by Crippen LogP contribution is -2.33. The van der Waals surface area contributed by atoms with Crippen LogP contribution in [-0.2, 0) is 4.74 Å². The molecule has 3 atom stereocenters. The molecule has 0 aromatic carbocycles. The van der Waals surface area contributed by atoms with Gasteiger partial charge in [-0.25, -0.2) is 9.78 Å². The van der Waals surface area contributed by atoms with Gasteiger partial charge in [0.1, 0.15) is 5.82 Å². The molecule has 0 saturated heterocycles. The Morgan fingerprint density at radius 2 is 2.16 bits per heavy atom. The molecule has 0 amide bonds. The van der Waals surface area contributed by atoms with Crippen LogP contribution in [0.15, 0.2) is 12.4 Å². The van der Waals surface area contributed by atoms with Crippen LogP contribution in [0.1, 0.15) is 43.6 Å². The SMILES string of the molecule is COC(=O)c1cncc(NC2CCC(C)CC2C)n1. The zero-order chi connectivity index (χ0) is 13.8. The molecule has 5 nitrogen and oxygen atoms in total. The summed E-state index contributed by atoms with van der Waals surface area (Å²) in [7, 11) is 1.34. The van der Waals surface area contributed by atoms with Crippen molar-refractivity contribution < 1.29 is 9.53 Å². The van der Waals surface area contributed by atoms with Crippen LogP contribution in [0.25, 0.3) is 0 Å². The maximum absolute atomic E-state index is 11.4. The van der Waals surface area contributed by atoms with E-state index in [0.717, 1.165) is 12.3 Å². The quantitative estimate of drug-likeness (QED) is 0.849. The number of ether oxygens (including phenoxy) is 1. The van der Waals surface area contributed by atoms with E-state index in [0.29, 0.717) is 17.8 Å². The molecule has 19 heavy (non-hydrogen) atoms. The number of methoxy groups -OCH3 is 1. The number of nitrogens with one attached hydrogen (secondary N) is 1. The molecule has 104 valence electrons. The molecule has 1 aliphatic rings. The molecule has 0 aliphatic heterocycles. The van der Waals surface area contributed by atoms with Gasteiger partial charge in [0.05, 0.1) is 19.5 Å². The molecule has 1 heterocycles. The summed E-state index contributed by atoms with van der Waals surface area (Å²) in [6, 6.07) is 0.401. The molecule has 3 unspecified atom stereocenters. The molecule has 1 N–H and O–H groups in total. The van der Waals surface area contributed by atoms with Crippen LogP contribution in [0.2, 0.25) is 0 Å². The van der Waals surface area contributed by atoms with E-state index in [9.17, 15) is 4.79 Å². The van der Waals surface area contributed by atoms with E-state index in [4.69, 9.17) is 0 Å². The van der Waals surface area contributed by atoms with Gasteiger partial charge in [-0.1, -0.05) is 13.8 Å². The number of carbonyl (C=O) groups is 1. The lowest BCUT2D eigenvalue weighted by molar-refractivity contribution is 0.0593. The van der Waals surface area contributed by atoms with Crippen molar-refractivity contribution in [2.24, 2.45) is 11.8 Å². The molecule has 1 saturated carbocycles. The maximum Gasteiger partial charge on any atom is 0.358 e. The number of carbonyl (C=O) groups excluding carboxylic acids is 1. The van der Waals surface area contributed by atoms with E-state index < -0.39 is 5.97 Å². The number of anilines is 1.